The number of oxime groups is 1. The molecule has 0 saturated carbocycles. The Bertz CT molecular complexity index is 635. The van der Waals surface area contributed by atoms with E-state index in [1.165, 1.54) is 24.7 Å². The zero-order valence-electron chi connectivity index (χ0n) is 11.6. The fraction of sp³-hybridized carbons (Fsp3) is 0.273. The number of aromatic nitrogens is 5. The van der Waals surface area contributed by atoms with Crippen molar-refractivity contribution >= 4 is 17.6 Å². The predicted molar refractivity (Wildman–Crippen MR) is 72.1 cm³/mol. The van der Waals surface area contributed by atoms with Crippen LogP contribution in [0.15, 0.2) is 29.8 Å². The monoisotopic (exact) mass is 307 g/mol. The lowest BCUT2D eigenvalue weighted by molar-refractivity contribution is -0.148. The lowest BCUT2D eigenvalue weighted by Crippen LogP contribution is -2.31. The number of esters is 1. The van der Waals surface area contributed by atoms with Crippen LogP contribution in [0.3, 0.4) is 0 Å². The van der Waals surface area contributed by atoms with Gasteiger partial charge in [0.05, 0.1) is 24.7 Å². The van der Waals surface area contributed by atoms with Crippen LogP contribution < -0.4 is 5.43 Å². The van der Waals surface area contributed by atoms with Crippen LogP contribution in [0.2, 0.25) is 0 Å². The highest BCUT2D eigenvalue weighted by molar-refractivity contribution is 6.47. The van der Waals surface area contributed by atoms with Gasteiger partial charge in [-0.25, -0.2) is 10.2 Å². The molecule has 0 aliphatic heterocycles. The molecule has 2 N–H and O–H groups in total. The summed E-state index contributed by atoms with van der Waals surface area (Å²) >= 11 is 0. The molecular weight excluding hydrogens is 294 g/mol. The number of rotatable bonds is 7. The second-order valence-electron chi connectivity index (χ2n) is 3.78. The molecule has 0 aromatic carbocycles. The van der Waals surface area contributed by atoms with Gasteiger partial charge in [-0.3, -0.25) is 9.89 Å². The number of nitrogens with zero attached hydrogens (tertiary/aromatic N) is 5. The van der Waals surface area contributed by atoms with E-state index in [0.29, 0.717) is 5.69 Å². The van der Waals surface area contributed by atoms with Crippen molar-refractivity contribution in [3.63, 3.8) is 0 Å². The lowest BCUT2D eigenvalue weighted by atomic mass is 10.2. The Kier molecular flexibility index (Phi) is 5.18. The normalized spacial score (nSPS) is 11.0. The Morgan fingerprint density at radius 1 is 1.45 bits per heavy atom. The van der Waals surface area contributed by atoms with E-state index in [9.17, 15) is 9.59 Å². The van der Waals surface area contributed by atoms with Gasteiger partial charge in [-0.1, -0.05) is 5.16 Å². The molecule has 0 atom stereocenters. The maximum atomic E-state index is 12.1. The van der Waals surface area contributed by atoms with E-state index in [1.807, 2.05) is 0 Å². The first kappa shape index (κ1) is 15.2. The van der Waals surface area contributed by atoms with Crippen LogP contribution in [0.25, 0.3) is 0 Å². The van der Waals surface area contributed by atoms with E-state index in [0.717, 1.165) is 4.79 Å². The maximum Gasteiger partial charge on any atom is 0.347 e. The molecule has 1 amide bonds. The van der Waals surface area contributed by atoms with E-state index >= 15 is 0 Å². The molecule has 0 spiro atoms. The zero-order chi connectivity index (χ0) is 15.8. The van der Waals surface area contributed by atoms with Gasteiger partial charge in [-0.15, -0.1) is 5.10 Å². The average Bonchev–Trinajstić information content (AvgIpc) is 3.17. The summed E-state index contributed by atoms with van der Waals surface area (Å²) in [6, 6.07) is 1.52. The number of hydrogen-bond acceptors (Lipinski definition) is 8. The third-order valence-corrected chi connectivity index (χ3v) is 2.25. The number of hydrogen-bond donors (Lipinski definition) is 2. The van der Waals surface area contributed by atoms with Crippen LogP contribution in [0.5, 0.6) is 0 Å². The highest BCUT2D eigenvalue weighted by Crippen LogP contribution is 1.98. The molecule has 2 rings (SSSR count). The highest BCUT2D eigenvalue weighted by Gasteiger charge is 2.17. The first-order valence-corrected chi connectivity index (χ1v) is 6.23. The fourth-order valence-corrected chi connectivity index (χ4v) is 1.38. The second kappa shape index (κ2) is 7.52. The summed E-state index contributed by atoms with van der Waals surface area (Å²) in [4.78, 5) is 29.2. The number of amides is 1. The molecule has 0 radical (unpaired) electrons. The lowest BCUT2D eigenvalue weighted by Gasteiger charge is -2.06. The van der Waals surface area contributed by atoms with Gasteiger partial charge in [0.1, 0.15) is 0 Å². The van der Waals surface area contributed by atoms with Crippen LogP contribution in [-0.4, -0.2) is 56.1 Å². The van der Waals surface area contributed by atoms with Crippen molar-refractivity contribution in [1.29, 1.82) is 0 Å². The minimum absolute atomic E-state index is 0.114. The standard InChI is InChI=1S/C11H13N7O4/c1-2-21-9(19)7-22-16-10(8-3-4-12-14-8)11(20)15-18-6-5-13-17-18/h3-6H,2,7H2,1H3,(H,12,14)(H,15,20). The van der Waals surface area contributed by atoms with Gasteiger partial charge < -0.3 is 9.57 Å². The smallest absolute Gasteiger partial charge is 0.347 e. The van der Waals surface area contributed by atoms with Gasteiger partial charge in [0.25, 0.3) is 5.91 Å². The number of aromatic amines is 1. The maximum absolute atomic E-state index is 12.1. The molecule has 11 nitrogen and oxygen atoms in total. The minimum Gasteiger partial charge on any atom is -0.463 e. The highest BCUT2D eigenvalue weighted by atomic mass is 16.7. The molecule has 0 fully saturated rings. The van der Waals surface area contributed by atoms with Crippen LogP contribution in [0.1, 0.15) is 12.6 Å². The topological polar surface area (TPSA) is 136 Å². The summed E-state index contributed by atoms with van der Waals surface area (Å²) in [5, 5.41) is 17.1. The molecule has 2 aromatic heterocycles. The SMILES string of the molecule is CCOC(=O)CON=C(C(=O)Nn1ccnn1)c1ccn[nH]1. The van der Waals surface area contributed by atoms with Crippen molar-refractivity contribution in [3.05, 3.63) is 30.4 Å². The minimum atomic E-state index is -0.626. The molecule has 0 aliphatic carbocycles. The van der Waals surface area contributed by atoms with Gasteiger partial charge >= 0.3 is 5.97 Å². The van der Waals surface area contributed by atoms with Gasteiger partial charge in [0, 0.05) is 6.20 Å². The Morgan fingerprint density at radius 3 is 2.95 bits per heavy atom. The Morgan fingerprint density at radius 2 is 2.32 bits per heavy atom. The van der Waals surface area contributed by atoms with E-state index in [4.69, 9.17) is 4.84 Å². The summed E-state index contributed by atoms with van der Waals surface area (Å²) in [7, 11) is 0. The second-order valence-corrected chi connectivity index (χ2v) is 3.78. The zero-order valence-corrected chi connectivity index (χ0v) is 11.6. The van der Waals surface area contributed by atoms with Crippen LogP contribution in [0.4, 0.5) is 0 Å². The van der Waals surface area contributed by atoms with Crippen molar-refractivity contribution < 1.29 is 19.2 Å². The van der Waals surface area contributed by atoms with E-state index in [1.54, 1.807) is 6.92 Å². The molecule has 0 aliphatic rings. The Balaban J connectivity index is 2.06. The fourth-order valence-electron chi connectivity index (χ4n) is 1.38. The van der Waals surface area contributed by atoms with Crippen molar-refractivity contribution in [2.24, 2.45) is 5.16 Å². The van der Waals surface area contributed by atoms with E-state index < -0.39 is 18.5 Å². The average molecular weight is 307 g/mol. The molecule has 22 heavy (non-hydrogen) atoms. The van der Waals surface area contributed by atoms with Gasteiger partial charge in [0.2, 0.25) is 6.61 Å². The number of carbonyl (C=O) groups is 2. The summed E-state index contributed by atoms with van der Waals surface area (Å²) in [6.07, 6.45) is 4.27. The van der Waals surface area contributed by atoms with Crippen LogP contribution in [0, 0.1) is 0 Å². The third kappa shape index (κ3) is 4.13. The predicted octanol–water partition coefficient (Wildman–Crippen LogP) is -0.945. The first-order valence-electron chi connectivity index (χ1n) is 6.23. The molecule has 11 heteroatoms. The van der Waals surface area contributed by atoms with Crippen LogP contribution >= 0.6 is 0 Å². The largest absolute Gasteiger partial charge is 0.463 e. The van der Waals surface area contributed by atoms with Crippen molar-refractivity contribution in [2.45, 2.75) is 6.92 Å². The molecule has 2 aromatic rings. The van der Waals surface area contributed by atoms with Gasteiger partial charge in [-0.2, -0.15) is 9.89 Å². The molecular formula is C11H13N7O4. The number of H-pyrrole nitrogens is 1. The van der Waals surface area contributed by atoms with Crippen molar-refractivity contribution in [2.75, 3.05) is 18.6 Å². The molecule has 116 valence electrons. The van der Waals surface area contributed by atoms with E-state index in [-0.39, 0.29) is 12.3 Å². The van der Waals surface area contributed by atoms with E-state index in [2.05, 4.69) is 35.8 Å². The summed E-state index contributed by atoms with van der Waals surface area (Å²) in [6.45, 7) is 1.48. The van der Waals surface area contributed by atoms with Crippen LogP contribution in [-0.2, 0) is 19.2 Å². The molecule has 0 bridgehead atoms. The Labute approximate surface area is 124 Å². The number of ether oxygens (including phenoxy) is 1. The Hall–Kier alpha value is -3.24. The quantitative estimate of drug-likeness (QED) is 0.382. The summed E-state index contributed by atoms with van der Waals surface area (Å²) in [5.74, 6) is -1.22. The number of nitrogens with one attached hydrogen (secondary N) is 2. The summed E-state index contributed by atoms with van der Waals surface area (Å²) < 4.78 is 4.68. The van der Waals surface area contributed by atoms with Gasteiger partial charge in [-0.05, 0) is 18.2 Å². The molecule has 0 unspecified atom stereocenters. The first-order chi connectivity index (χ1) is 10.7. The number of carbonyl (C=O) groups excluding carboxylic acids is 2. The molecule has 0 saturated heterocycles. The molecule has 2 heterocycles. The van der Waals surface area contributed by atoms with Crippen molar-refractivity contribution in [1.82, 2.24) is 25.3 Å². The third-order valence-electron chi connectivity index (χ3n) is 2.25. The summed E-state index contributed by atoms with van der Waals surface area (Å²) in [5.41, 5.74) is 2.60. The van der Waals surface area contributed by atoms with Gasteiger partial charge in [0.15, 0.2) is 5.71 Å². The van der Waals surface area contributed by atoms with Crippen molar-refractivity contribution in [3.8, 4) is 0 Å².